The summed E-state index contributed by atoms with van der Waals surface area (Å²) in [7, 11) is 0. The number of hydrogen-bond donors (Lipinski definition) is 1. The monoisotopic (exact) mass is 242 g/mol. The second-order valence-electron chi connectivity index (χ2n) is 2.99. The highest BCUT2D eigenvalue weighted by Gasteiger charge is 2.10. The minimum absolute atomic E-state index is 0.00312. The molecule has 0 saturated carbocycles. The Bertz CT molecular complexity index is 455. The zero-order valence-corrected chi connectivity index (χ0v) is 9.38. The Morgan fingerprint density at radius 1 is 1.44 bits per heavy atom. The maximum atomic E-state index is 8.80. The van der Waals surface area contributed by atoms with Crippen LogP contribution in [-0.4, -0.2) is 42.2 Å². The molecule has 0 aromatic carbocycles. The zero-order valence-electron chi connectivity index (χ0n) is 8.57. The first-order chi connectivity index (χ1) is 7.81. The summed E-state index contributed by atoms with van der Waals surface area (Å²) in [5.41, 5.74) is 1.53. The number of aryl methyl sites for hydroxylation is 1. The number of tetrazole rings is 1. The number of nitrogens with zero attached hydrogens (tertiary/aromatic N) is 6. The van der Waals surface area contributed by atoms with E-state index in [4.69, 9.17) is 5.11 Å². The fourth-order valence-corrected chi connectivity index (χ4v) is 1.95. The topological polar surface area (TPSA) is 103 Å². The van der Waals surface area contributed by atoms with Crippen LogP contribution in [0.15, 0.2) is 9.79 Å². The first-order valence-electron chi connectivity index (χ1n) is 4.59. The van der Waals surface area contributed by atoms with Gasteiger partial charge >= 0.3 is 0 Å². The van der Waals surface area contributed by atoms with Crippen molar-refractivity contribution in [2.24, 2.45) is 0 Å². The first kappa shape index (κ1) is 11.0. The molecule has 0 atom stereocenters. The van der Waals surface area contributed by atoms with Crippen LogP contribution in [0.1, 0.15) is 11.4 Å². The van der Waals surface area contributed by atoms with Gasteiger partial charge in [-0.15, -0.1) is 5.10 Å². The fraction of sp³-hybridized carbons (Fsp3) is 0.571. The van der Waals surface area contributed by atoms with Crippen molar-refractivity contribution in [3.05, 3.63) is 11.4 Å². The molecule has 9 heteroatoms. The molecule has 0 bridgehead atoms. The molecule has 8 nitrogen and oxygen atoms in total. The van der Waals surface area contributed by atoms with Gasteiger partial charge in [0.25, 0.3) is 0 Å². The lowest BCUT2D eigenvalue weighted by molar-refractivity contribution is 0.262. The van der Waals surface area contributed by atoms with E-state index < -0.39 is 0 Å². The van der Waals surface area contributed by atoms with E-state index in [0.29, 0.717) is 17.5 Å². The summed E-state index contributed by atoms with van der Waals surface area (Å²) in [6, 6.07) is 0. The molecule has 2 rings (SSSR count). The lowest BCUT2D eigenvalue weighted by atomic mass is 10.4. The van der Waals surface area contributed by atoms with Gasteiger partial charge in [-0.1, -0.05) is 22.1 Å². The molecule has 86 valence electrons. The van der Waals surface area contributed by atoms with Crippen LogP contribution in [-0.2, 0) is 12.3 Å². The standard InChI is InChI=1S/C7H10N6O2S/c1-5-6(10-15-9-5)4-16-7-8-11-12-13(7)2-3-14/h14H,2-4H2,1H3. The molecule has 2 aromatic heterocycles. The summed E-state index contributed by atoms with van der Waals surface area (Å²) in [5, 5.41) is 28.0. The molecule has 1 N–H and O–H groups in total. The molecule has 0 spiro atoms. The lowest BCUT2D eigenvalue weighted by Crippen LogP contribution is -2.05. The van der Waals surface area contributed by atoms with Crippen molar-refractivity contribution < 1.29 is 9.74 Å². The highest BCUT2D eigenvalue weighted by molar-refractivity contribution is 7.98. The summed E-state index contributed by atoms with van der Waals surface area (Å²) >= 11 is 1.42. The van der Waals surface area contributed by atoms with E-state index in [-0.39, 0.29) is 6.61 Å². The van der Waals surface area contributed by atoms with Gasteiger partial charge in [0.1, 0.15) is 11.4 Å². The molecule has 0 aliphatic heterocycles. The third kappa shape index (κ3) is 2.36. The normalized spacial score (nSPS) is 10.9. The number of hydrogen-bond acceptors (Lipinski definition) is 8. The molecule has 0 unspecified atom stereocenters. The van der Waals surface area contributed by atoms with Crippen LogP contribution in [0.3, 0.4) is 0 Å². The molecule has 0 fully saturated rings. The summed E-state index contributed by atoms with van der Waals surface area (Å²) in [5.74, 6) is 0.584. The van der Waals surface area contributed by atoms with Gasteiger partial charge in [0, 0.05) is 5.75 Å². The van der Waals surface area contributed by atoms with E-state index in [1.54, 1.807) is 0 Å². The number of aromatic nitrogens is 6. The molecular formula is C7H10N6O2S. The molecule has 0 saturated heterocycles. The number of thioether (sulfide) groups is 1. The first-order valence-corrected chi connectivity index (χ1v) is 5.57. The smallest absolute Gasteiger partial charge is 0.209 e. The van der Waals surface area contributed by atoms with Crippen LogP contribution in [0.4, 0.5) is 0 Å². The molecule has 16 heavy (non-hydrogen) atoms. The van der Waals surface area contributed by atoms with Crippen molar-refractivity contribution in [2.45, 2.75) is 24.4 Å². The molecule has 2 heterocycles. The van der Waals surface area contributed by atoms with Gasteiger partial charge in [0.15, 0.2) is 0 Å². The Balaban J connectivity index is 1.99. The van der Waals surface area contributed by atoms with Crippen molar-refractivity contribution in [1.29, 1.82) is 0 Å². The quantitative estimate of drug-likeness (QED) is 0.709. The van der Waals surface area contributed by atoms with E-state index >= 15 is 0 Å². The molecule has 2 aromatic rings. The van der Waals surface area contributed by atoms with Gasteiger partial charge in [0.05, 0.1) is 13.2 Å². The molecular weight excluding hydrogens is 232 g/mol. The third-order valence-corrected chi connectivity index (χ3v) is 2.86. The summed E-state index contributed by atoms with van der Waals surface area (Å²) in [6.07, 6.45) is 0. The molecule has 0 aliphatic carbocycles. The second-order valence-corrected chi connectivity index (χ2v) is 3.94. The van der Waals surface area contributed by atoms with Crippen LogP contribution < -0.4 is 0 Å². The van der Waals surface area contributed by atoms with Gasteiger partial charge in [-0.05, 0) is 17.4 Å². The minimum Gasteiger partial charge on any atom is -0.394 e. The van der Waals surface area contributed by atoms with Crippen LogP contribution in [0.25, 0.3) is 0 Å². The van der Waals surface area contributed by atoms with Gasteiger partial charge < -0.3 is 5.11 Å². The van der Waals surface area contributed by atoms with Crippen LogP contribution in [0.2, 0.25) is 0 Å². The second kappa shape index (κ2) is 5.03. The summed E-state index contributed by atoms with van der Waals surface area (Å²) < 4.78 is 6.12. The highest BCUT2D eigenvalue weighted by atomic mass is 32.2. The summed E-state index contributed by atoms with van der Waals surface area (Å²) in [6.45, 7) is 2.21. The largest absolute Gasteiger partial charge is 0.394 e. The lowest BCUT2D eigenvalue weighted by Gasteiger charge is -1.99. The number of aliphatic hydroxyl groups excluding tert-OH is 1. The number of aliphatic hydroxyl groups is 1. The Morgan fingerprint density at radius 3 is 3.00 bits per heavy atom. The predicted octanol–water partition coefficient (Wildman–Crippen LogP) is -0.351. The van der Waals surface area contributed by atoms with Gasteiger partial charge in [-0.25, -0.2) is 9.31 Å². The van der Waals surface area contributed by atoms with Crippen LogP contribution in [0, 0.1) is 6.92 Å². The number of rotatable bonds is 5. The van der Waals surface area contributed by atoms with E-state index in [0.717, 1.165) is 11.4 Å². The average molecular weight is 242 g/mol. The van der Waals surface area contributed by atoms with Crippen molar-refractivity contribution in [1.82, 2.24) is 30.5 Å². The van der Waals surface area contributed by atoms with E-state index in [2.05, 4.69) is 30.5 Å². The fourth-order valence-electron chi connectivity index (χ4n) is 1.05. The molecule has 0 amide bonds. The van der Waals surface area contributed by atoms with Crippen molar-refractivity contribution in [2.75, 3.05) is 6.61 Å². The maximum absolute atomic E-state index is 8.80. The Morgan fingerprint density at radius 2 is 2.31 bits per heavy atom. The SMILES string of the molecule is Cc1nonc1CSc1nnnn1CCO. The Hall–Kier alpha value is -1.48. The van der Waals surface area contributed by atoms with Crippen LogP contribution >= 0.6 is 11.8 Å². The van der Waals surface area contributed by atoms with Gasteiger partial charge in [-0.2, -0.15) is 0 Å². The van der Waals surface area contributed by atoms with Gasteiger partial charge in [0.2, 0.25) is 5.16 Å². The zero-order chi connectivity index (χ0) is 11.4. The van der Waals surface area contributed by atoms with E-state index in [1.165, 1.54) is 16.4 Å². The summed E-state index contributed by atoms with van der Waals surface area (Å²) in [4.78, 5) is 0. The molecule has 0 radical (unpaired) electrons. The van der Waals surface area contributed by atoms with Crippen molar-refractivity contribution >= 4 is 11.8 Å². The van der Waals surface area contributed by atoms with Crippen molar-refractivity contribution in [3.8, 4) is 0 Å². The van der Waals surface area contributed by atoms with E-state index in [1.807, 2.05) is 6.92 Å². The van der Waals surface area contributed by atoms with Crippen LogP contribution in [0.5, 0.6) is 0 Å². The minimum atomic E-state index is 0.00312. The maximum Gasteiger partial charge on any atom is 0.209 e. The van der Waals surface area contributed by atoms with Crippen molar-refractivity contribution in [3.63, 3.8) is 0 Å². The van der Waals surface area contributed by atoms with Gasteiger partial charge in [-0.3, -0.25) is 0 Å². The Kier molecular flexibility index (Phi) is 3.47. The average Bonchev–Trinajstić information content (AvgIpc) is 2.86. The third-order valence-electron chi connectivity index (χ3n) is 1.90. The predicted molar refractivity (Wildman–Crippen MR) is 53.5 cm³/mol. The van der Waals surface area contributed by atoms with E-state index in [9.17, 15) is 0 Å². The highest BCUT2D eigenvalue weighted by Crippen LogP contribution is 2.19. The Labute approximate surface area is 95.0 Å². The molecule has 0 aliphatic rings.